The van der Waals surface area contributed by atoms with E-state index in [0.717, 1.165) is 17.3 Å². The number of nitrogens with one attached hydrogen (secondary N) is 1. The largest absolute Gasteiger partial charge is 0.340 e. The summed E-state index contributed by atoms with van der Waals surface area (Å²) in [5, 5.41) is 7.07. The molecule has 1 N–H and O–H groups in total. The molecule has 0 aliphatic rings. The van der Waals surface area contributed by atoms with Crippen LogP contribution in [0.2, 0.25) is 5.15 Å². The third-order valence-electron chi connectivity index (χ3n) is 2.95. The third-order valence-corrected chi connectivity index (χ3v) is 4.04. The Balaban J connectivity index is 1.93. The number of halogens is 1. The zero-order chi connectivity index (χ0) is 14.1. The molecule has 0 aliphatic carbocycles. The van der Waals surface area contributed by atoms with Gasteiger partial charge in [-0.25, -0.2) is 9.97 Å². The molecule has 2 heterocycles. The van der Waals surface area contributed by atoms with Crippen molar-refractivity contribution in [3.05, 3.63) is 46.7 Å². The number of hydrogen-bond donors (Lipinski definition) is 1. The Hall–Kier alpha value is -1.65. The van der Waals surface area contributed by atoms with Crippen molar-refractivity contribution < 1.29 is 0 Å². The van der Waals surface area contributed by atoms with E-state index in [1.165, 1.54) is 10.1 Å². The first-order chi connectivity index (χ1) is 9.61. The van der Waals surface area contributed by atoms with Gasteiger partial charge in [0.1, 0.15) is 16.8 Å². The molecule has 0 spiro atoms. The van der Waals surface area contributed by atoms with Gasteiger partial charge in [0, 0.05) is 22.4 Å². The van der Waals surface area contributed by atoms with E-state index in [0.29, 0.717) is 5.15 Å². The minimum atomic E-state index is 0.244. The molecule has 0 saturated carbocycles. The minimum Gasteiger partial charge on any atom is -0.340 e. The molecule has 0 unspecified atom stereocenters. The molecule has 0 atom stereocenters. The molecule has 0 bridgehead atoms. The van der Waals surface area contributed by atoms with Crippen LogP contribution in [0.1, 0.15) is 25.6 Å². The minimum absolute atomic E-state index is 0.244. The molecule has 3 nitrogen and oxygen atoms in total. The molecule has 102 valence electrons. The van der Waals surface area contributed by atoms with Gasteiger partial charge in [0.05, 0.1) is 0 Å². The molecule has 20 heavy (non-hydrogen) atoms. The maximum atomic E-state index is 6.05. The number of benzene rings is 1. The zero-order valence-corrected chi connectivity index (χ0v) is 12.8. The van der Waals surface area contributed by atoms with Crippen molar-refractivity contribution in [3.8, 4) is 0 Å². The van der Waals surface area contributed by atoms with E-state index in [2.05, 4.69) is 38.9 Å². The number of fused-ring (bicyclic) bond motifs is 1. The molecule has 3 aromatic rings. The second-order valence-corrected chi connectivity index (χ2v) is 6.22. The van der Waals surface area contributed by atoms with E-state index in [4.69, 9.17) is 11.6 Å². The molecule has 0 fully saturated rings. The highest BCUT2D eigenvalue weighted by Crippen LogP contribution is 2.26. The van der Waals surface area contributed by atoms with Gasteiger partial charge in [0.2, 0.25) is 0 Å². The normalized spacial score (nSPS) is 11.2. The van der Waals surface area contributed by atoms with Crippen LogP contribution in [-0.2, 0) is 0 Å². The van der Waals surface area contributed by atoms with Gasteiger partial charge in [-0.15, -0.1) is 11.3 Å². The van der Waals surface area contributed by atoms with Crippen molar-refractivity contribution in [1.29, 1.82) is 0 Å². The Labute approximate surface area is 126 Å². The number of rotatable bonds is 3. The molecular weight excluding hydrogens is 290 g/mol. The molecule has 3 rings (SSSR count). The summed E-state index contributed by atoms with van der Waals surface area (Å²) < 4.78 is 1.28. The molecule has 1 aromatic carbocycles. The standard InChI is InChI=1S/C15H14ClN3S/c1-9(2)15-18-13(16)8-14(19-15)17-11-3-4-12-10(7-11)5-6-20-12/h3-9H,1-2H3,(H,17,18,19). The van der Waals surface area contributed by atoms with E-state index in [1.54, 1.807) is 17.4 Å². The van der Waals surface area contributed by atoms with E-state index in [9.17, 15) is 0 Å². The van der Waals surface area contributed by atoms with Gasteiger partial charge in [-0.1, -0.05) is 25.4 Å². The highest BCUT2D eigenvalue weighted by molar-refractivity contribution is 7.17. The lowest BCUT2D eigenvalue weighted by molar-refractivity contribution is 0.776. The van der Waals surface area contributed by atoms with Crippen LogP contribution >= 0.6 is 22.9 Å². The lowest BCUT2D eigenvalue weighted by Gasteiger charge is -2.09. The topological polar surface area (TPSA) is 37.8 Å². The fraction of sp³-hybridized carbons (Fsp3) is 0.200. The van der Waals surface area contributed by atoms with E-state index >= 15 is 0 Å². The maximum absolute atomic E-state index is 6.05. The first-order valence-electron chi connectivity index (χ1n) is 6.40. The number of thiophene rings is 1. The molecule has 0 saturated heterocycles. The van der Waals surface area contributed by atoms with Gasteiger partial charge in [-0.05, 0) is 35.0 Å². The fourth-order valence-corrected chi connectivity index (χ4v) is 2.91. The van der Waals surface area contributed by atoms with Gasteiger partial charge >= 0.3 is 0 Å². The van der Waals surface area contributed by atoms with Crippen molar-refractivity contribution in [3.63, 3.8) is 0 Å². The van der Waals surface area contributed by atoms with E-state index < -0.39 is 0 Å². The van der Waals surface area contributed by atoms with Gasteiger partial charge in [0.25, 0.3) is 0 Å². The second-order valence-electron chi connectivity index (χ2n) is 4.89. The first kappa shape index (κ1) is 13.3. The van der Waals surface area contributed by atoms with Crippen molar-refractivity contribution in [1.82, 2.24) is 9.97 Å². The summed E-state index contributed by atoms with van der Waals surface area (Å²) in [6, 6.07) is 10.1. The Morgan fingerprint density at radius 2 is 2.00 bits per heavy atom. The van der Waals surface area contributed by atoms with Crippen LogP contribution in [0.5, 0.6) is 0 Å². The zero-order valence-electron chi connectivity index (χ0n) is 11.2. The van der Waals surface area contributed by atoms with Crippen LogP contribution < -0.4 is 5.32 Å². The third kappa shape index (κ3) is 2.76. The van der Waals surface area contributed by atoms with Crippen molar-refractivity contribution in [2.24, 2.45) is 0 Å². The fourth-order valence-electron chi connectivity index (χ4n) is 1.95. The Bertz CT molecular complexity index is 752. The summed E-state index contributed by atoms with van der Waals surface area (Å²) in [5.41, 5.74) is 1.00. The number of nitrogens with zero attached hydrogens (tertiary/aromatic N) is 2. The number of aromatic nitrogens is 2. The highest BCUT2D eigenvalue weighted by atomic mass is 35.5. The lowest BCUT2D eigenvalue weighted by atomic mass is 10.2. The lowest BCUT2D eigenvalue weighted by Crippen LogP contribution is -2.02. The van der Waals surface area contributed by atoms with E-state index in [1.807, 2.05) is 19.9 Å². The van der Waals surface area contributed by atoms with Gasteiger partial charge in [-0.3, -0.25) is 0 Å². The molecular formula is C15H14ClN3S. The van der Waals surface area contributed by atoms with Gasteiger partial charge in [-0.2, -0.15) is 0 Å². The molecule has 0 amide bonds. The van der Waals surface area contributed by atoms with Gasteiger partial charge in [0.15, 0.2) is 0 Å². The number of hydrogen-bond acceptors (Lipinski definition) is 4. The summed E-state index contributed by atoms with van der Waals surface area (Å²) in [4.78, 5) is 8.72. The van der Waals surface area contributed by atoms with Crippen molar-refractivity contribution in [2.45, 2.75) is 19.8 Å². The summed E-state index contributed by atoms with van der Waals surface area (Å²) >= 11 is 7.79. The SMILES string of the molecule is CC(C)c1nc(Cl)cc(Nc2ccc3sccc3c2)n1. The average molecular weight is 304 g/mol. The smallest absolute Gasteiger partial charge is 0.135 e. The predicted octanol–water partition coefficient (Wildman–Crippen LogP) is 5.21. The maximum Gasteiger partial charge on any atom is 0.135 e. The summed E-state index contributed by atoms with van der Waals surface area (Å²) in [7, 11) is 0. The highest BCUT2D eigenvalue weighted by Gasteiger charge is 2.07. The number of anilines is 2. The van der Waals surface area contributed by atoms with Crippen LogP contribution in [-0.4, -0.2) is 9.97 Å². The summed E-state index contributed by atoms with van der Waals surface area (Å²) in [5.74, 6) is 1.72. The van der Waals surface area contributed by atoms with Crippen LogP contribution in [0.3, 0.4) is 0 Å². The Morgan fingerprint density at radius 1 is 1.15 bits per heavy atom. The average Bonchev–Trinajstić information content (AvgIpc) is 2.85. The first-order valence-corrected chi connectivity index (χ1v) is 7.66. The van der Waals surface area contributed by atoms with Crippen molar-refractivity contribution in [2.75, 3.05) is 5.32 Å². The van der Waals surface area contributed by atoms with Crippen molar-refractivity contribution >= 4 is 44.5 Å². The molecule has 2 aromatic heterocycles. The monoisotopic (exact) mass is 303 g/mol. The van der Waals surface area contributed by atoms with Crippen LogP contribution in [0.4, 0.5) is 11.5 Å². The Morgan fingerprint density at radius 3 is 2.80 bits per heavy atom. The van der Waals surface area contributed by atoms with Crippen LogP contribution in [0, 0.1) is 0 Å². The predicted molar refractivity (Wildman–Crippen MR) is 86.2 cm³/mol. The quantitative estimate of drug-likeness (QED) is 0.675. The molecule has 0 radical (unpaired) electrons. The van der Waals surface area contributed by atoms with E-state index in [-0.39, 0.29) is 5.92 Å². The van der Waals surface area contributed by atoms with Crippen LogP contribution in [0.15, 0.2) is 35.7 Å². The Kier molecular flexibility index (Phi) is 3.59. The summed E-state index contributed by atoms with van der Waals surface area (Å²) in [6.45, 7) is 4.10. The van der Waals surface area contributed by atoms with Gasteiger partial charge < -0.3 is 5.32 Å². The van der Waals surface area contributed by atoms with Crippen LogP contribution in [0.25, 0.3) is 10.1 Å². The summed E-state index contributed by atoms with van der Waals surface area (Å²) in [6.07, 6.45) is 0. The molecule has 5 heteroatoms. The second kappa shape index (κ2) is 5.38. The molecule has 0 aliphatic heterocycles.